The van der Waals surface area contributed by atoms with E-state index < -0.39 is 10.0 Å². The van der Waals surface area contributed by atoms with Crippen LogP contribution in [0.1, 0.15) is 25.0 Å². The van der Waals surface area contributed by atoms with Crippen LogP contribution in [0.3, 0.4) is 0 Å². The van der Waals surface area contributed by atoms with Gasteiger partial charge in [0.25, 0.3) is 0 Å². The quantitative estimate of drug-likeness (QED) is 0.927. The molecule has 6 heteroatoms. The molecular weight excluding hydrogens is 294 g/mol. The van der Waals surface area contributed by atoms with E-state index in [9.17, 15) is 13.5 Å². The Balaban J connectivity index is 2.40. The van der Waals surface area contributed by atoms with Crippen molar-refractivity contribution in [2.45, 2.75) is 37.0 Å². The zero-order chi connectivity index (χ0) is 15.0. The van der Waals surface area contributed by atoms with E-state index in [4.69, 9.17) is 0 Å². The third-order valence-electron chi connectivity index (χ3n) is 3.58. The second-order valence-corrected chi connectivity index (χ2v) is 9.35. The number of rotatable bonds is 3. The van der Waals surface area contributed by atoms with Gasteiger partial charge in [-0.2, -0.15) is 16.1 Å². The van der Waals surface area contributed by atoms with Gasteiger partial charge in [-0.1, -0.05) is 12.1 Å². The number of nitrogens with zero attached hydrogens (tertiary/aromatic N) is 1. The number of thioether (sulfide) groups is 1. The van der Waals surface area contributed by atoms with Crippen LogP contribution in [-0.2, 0) is 16.6 Å². The van der Waals surface area contributed by atoms with Gasteiger partial charge in [0.05, 0.1) is 11.5 Å². The van der Waals surface area contributed by atoms with Crippen molar-refractivity contribution < 1.29 is 13.5 Å². The van der Waals surface area contributed by atoms with Crippen molar-refractivity contribution in [1.82, 2.24) is 4.31 Å². The van der Waals surface area contributed by atoms with Crippen LogP contribution in [0.4, 0.5) is 0 Å². The zero-order valence-electron chi connectivity index (χ0n) is 12.1. The second-order valence-electron chi connectivity index (χ2n) is 5.65. The van der Waals surface area contributed by atoms with E-state index in [-0.39, 0.29) is 11.4 Å². The van der Waals surface area contributed by atoms with E-state index in [2.05, 4.69) is 13.8 Å². The van der Waals surface area contributed by atoms with Gasteiger partial charge in [-0.3, -0.25) is 0 Å². The van der Waals surface area contributed by atoms with Crippen molar-refractivity contribution in [1.29, 1.82) is 0 Å². The molecule has 1 aromatic rings. The zero-order valence-corrected chi connectivity index (χ0v) is 13.7. The third kappa shape index (κ3) is 3.03. The third-order valence-corrected chi connectivity index (χ3v) is 6.86. The Labute approximate surface area is 125 Å². The highest BCUT2D eigenvalue weighted by atomic mass is 32.2. The number of sulfonamides is 1. The minimum Gasteiger partial charge on any atom is -0.392 e. The maximum atomic E-state index is 12.8. The molecule has 1 aromatic carbocycles. The smallest absolute Gasteiger partial charge is 0.243 e. The summed E-state index contributed by atoms with van der Waals surface area (Å²) >= 11 is 1.80. The fourth-order valence-corrected chi connectivity index (χ4v) is 5.61. The average molecular weight is 315 g/mol. The summed E-state index contributed by atoms with van der Waals surface area (Å²) in [5.74, 6) is 0.810. The van der Waals surface area contributed by atoms with Crippen molar-refractivity contribution in [3.63, 3.8) is 0 Å². The highest BCUT2D eigenvalue weighted by molar-refractivity contribution is 8.00. The summed E-state index contributed by atoms with van der Waals surface area (Å²) in [7, 11) is -3.49. The first kappa shape index (κ1) is 15.8. The summed E-state index contributed by atoms with van der Waals surface area (Å²) in [6.45, 7) is 6.80. The minimum atomic E-state index is -3.49. The van der Waals surface area contributed by atoms with Crippen molar-refractivity contribution >= 4 is 21.8 Å². The number of benzene rings is 1. The fourth-order valence-electron chi connectivity index (χ4n) is 2.43. The molecule has 2 rings (SSSR count). The first-order valence-electron chi connectivity index (χ1n) is 6.61. The maximum absolute atomic E-state index is 12.8. The Hall–Kier alpha value is -0.560. The van der Waals surface area contributed by atoms with Crippen LogP contribution in [0.5, 0.6) is 0 Å². The molecule has 0 aromatic heterocycles. The van der Waals surface area contributed by atoms with Crippen LogP contribution in [0.15, 0.2) is 23.1 Å². The summed E-state index contributed by atoms with van der Waals surface area (Å²) in [5, 5.41) is 9.29. The molecule has 1 saturated heterocycles. The van der Waals surface area contributed by atoms with Gasteiger partial charge in [-0.05, 0) is 38.0 Å². The molecule has 1 aliphatic rings. The van der Waals surface area contributed by atoms with E-state index >= 15 is 0 Å². The molecular formula is C14H21NO3S2. The first-order chi connectivity index (χ1) is 9.28. The summed E-state index contributed by atoms with van der Waals surface area (Å²) in [4.78, 5) is 0.312. The number of hydrogen-bond donors (Lipinski definition) is 1. The van der Waals surface area contributed by atoms with Crippen molar-refractivity contribution in [3.05, 3.63) is 29.3 Å². The van der Waals surface area contributed by atoms with Gasteiger partial charge in [0.2, 0.25) is 10.0 Å². The van der Waals surface area contributed by atoms with Gasteiger partial charge >= 0.3 is 0 Å². The molecule has 0 radical (unpaired) electrons. The highest BCUT2D eigenvalue weighted by Gasteiger charge is 2.35. The number of aliphatic hydroxyl groups is 1. The van der Waals surface area contributed by atoms with Crippen LogP contribution < -0.4 is 0 Å². The average Bonchev–Trinajstić information content (AvgIpc) is 2.37. The van der Waals surface area contributed by atoms with Crippen LogP contribution in [0.2, 0.25) is 0 Å². The number of hydrogen-bond acceptors (Lipinski definition) is 4. The van der Waals surface area contributed by atoms with E-state index in [1.54, 1.807) is 41.2 Å². The molecule has 0 aliphatic carbocycles. The van der Waals surface area contributed by atoms with Gasteiger partial charge in [0.15, 0.2) is 0 Å². The lowest BCUT2D eigenvalue weighted by Crippen LogP contribution is -2.46. The van der Waals surface area contributed by atoms with Gasteiger partial charge in [0, 0.05) is 23.6 Å². The molecule has 0 unspecified atom stereocenters. The topological polar surface area (TPSA) is 57.6 Å². The number of aliphatic hydroxyl groups excluding tert-OH is 1. The molecule has 112 valence electrons. The molecule has 1 N–H and O–H groups in total. The van der Waals surface area contributed by atoms with Crippen LogP contribution in [0.25, 0.3) is 0 Å². The summed E-state index contributed by atoms with van der Waals surface area (Å²) in [6.07, 6.45) is 0. The van der Waals surface area contributed by atoms with Gasteiger partial charge in [0.1, 0.15) is 0 Å². The minimum absolute atomic E-state index is 0.0617. The lowest BCUT2D eigenvalue weighted by Gasteiger charge is -2.36. The molecule has 4 nitrogen and oxygen atoms in total. The van der Waals surface area contributed by atoms with E-state index in [0.717, 1.165) is 5.75 Å². The predicted octanol–water partition coefficient (Wildman–Crippen LogP) is 2.00. The van der Waals surface area contributed by atoms with E-state index in [1.165, 1.54) is 0 Å². The van der Waals surface area contributed by atoms with E-state index in [0.29, 0.717) is 29.1 Å². The lowest BCUT2D eigenvalue weighted by molar-refractivity contribution is 0.280. The Morgan fingerprint density at radius 3 is 2.70 bits per heavy atom. The van der Waals surface area contributed by atoms with Crippen LogP contribution in [-0.4, -0.2) is 41.4 Å². The standard InChI is InChI=1S/C14H21NO3S2/c1-11-12(9-16)5-4-6-13(11)20(17,18)15-7-8-19-14(2,3)10-15/h4-6,16H,7-10H2,1-3H3. The van der Waals surface area contributed by atoms with Crippen LogP contribution >= 0.6 is 11.8 Å². The second kappa shape index (κ2) is 5.67. The predicted molar refractivity (Wildman–Crippen MR) is 82.4 cm³/mol. The van der Waals surface area contributed by atoms with Gasteiger partial charge < -0.3 is 5.11 Å². The van der Waals surface area contributed by atoms with Crippen molar-refractivity contribution in [2.75, 3.05) is 18.8 Å². The Kier molecular flexibility index (Phi) is 4.49. The molecule has 0 atom stereocenters. The largest absolute Gasteiger partial charge is 0.392 e. The summed E-state index contributed by atoms with van der Waals surface area (Å²) in [5.41, 5.74) is 1.31. The lowest BCUT2D eigenvalue weighted by atomic mass is 10.1. The molecule has 1 aliphatic heterocycles. The molecule has 1 heterocycles. The molecule has 0 saturated carbocycles. The molecule has 0 spiro atoms. The first-order valence-corrected chi connectivity index (χ1v) is 9.04. The SMILES string of the molecule is Cc1c(CO)cccc1S(=O)(=O)N1CCSC(C)(C)C1. The molecule has 1 fully saturated rings. The molecule has 0 amide bonds. The Morgan fingerprint density at radius 1 is 1.40 bits per heavy atom. The Morgan fingerprint density at radius 2 is 2.10 bits per heavy atom. The maximum Gasteiger partial charge on any atom is 0.243 e. The highest BCUT2D eigenvalue weighted by Crippen LogP contribution is 2.33. The monoisotopic (exact) mass is 315 g/mol. The van der Waals surface area contributed by atoms with Crippen LogP contribution in [0, 0.1) is 6.92 Å². The fraction of sp³-hybridized carbons (Fsp3) is 0.571. The summed E-state index contributed by atoms with van der Waals surface area (Å²) in [6, 6.07) is 5.07. The summed E-state index contributed by atoms with van der Waals surface area (Å²) < 4.78 is 27.1. The van der Waals surface area contributed by atoms with Crippen molar-refractivity contribution in [3.8, 4) is 0 Å². The normalized spacial score (nSPS) is 20.0. The Bertz CT molecular complexity index is 596. The van der Waals surface area contributed by atoms with E-state index in [1.807, 2.05) is 0 Å². The molecule has 0 bridgehead atoms. The molecule has 20 heavy (non-hydrogen) atoms. The van der Waals surface area contributed by atoms with Gasteiger partial charge in [-0.25, -0.2) is 8.42 Å². The van der Waals surface area contributed by atoms with Crippen molar-refractivity contribution in [2.24, 2.45) is 0 Å². The van der Waals surface area contributed by atoms with Gasteiger partial charge in [-0.15, -0.1) is 0 Å².